The third-order valence-electron chi connectivity index (χ3n) is 3.80. The van der Waals surface area contributed by atoms with E-state index in [4.69, 9.17) is 4.74 Å². The van der Waals surface area contributed by atoms with Crippen molar-refractivity contribution in [3.63, 3.8) is 0 Å². The second kappa shape index (κ2) is 9.43. The minimum Gasteiger partial charge on any atom is -0.489 e. The molecule has 0 atom stereocenters. The van der Waals surface area contributed by atoms with Crippen molar-refractivity contribution >= 4 is 28.9 Å². The van der Waals surface area contributed by atoms with Crippen LogP contribution in [0.25, 0.3) is 0 Å². The number of ether oxygens (including phenoxy) is 1. The number of nitrogens with one attached hydrogen (secondary N) is 2. The summed E-state index contributed by atoms with van der Waals surface area (Å²) in [6, 6.07) is 14.5. The Bertz CT molecular complexity index is 798. The highest BCUT2D eigenvalue weighted by atomic mass is 16.5. The van der Waals surface area contributed by atoms with Crippen molar-refractivity contribution in [2.45, 2.75) is 13.8 Å². The largest absolute Gasteiger partial charge is 0.489 e. The van der Waals surface area contributed by atoms with Crippen LogP contribution < -0.4 is 20.3 Å². The molecule has 6 heteroatoms. The predicted molar refractivity (Wildman–Crippen MR) is 109 cm³/mol. The fourth-order valence-corrected chi connectivity index (χ4v) is 2.21. The molecule has 0 aliphatic rings. The molecule has 0 saturated heterocycles. The first-order valence-corrected chi connectivity index (χ1v) is 8.60. The highest BCUT2D eigenvalue weighted by Gasteiger charge is 2.06. The molecule has 0 aliphatic carbocycles. The van der Waals surface area contributed by atoms with Gasteiger partial charge in [0, 0.05) is 31.0 Å². The van der Waals surface area contributed by atoms with Gasteiger partial charge in [-0.1, -0.05) is 6.58 Å². The molecule has 0 heterocycles. The molecule has 0 saturated carbocycles. The van der Waals surface area contributed by atoms with E-state index >= 15 is 0 Å². The van der Waals surface area contributed by atoms with Gasteiger partial charge in [0.1, 0.15) is 12.4 Å². The van der Waals surface area contributed by atoms with Gasteiger partial charge in [0.05, 0.1) is 6.54 Å². The van der Waals surface area contributed by atoms with Gasteiger partial charge in [-0.05, 0) is 61.0 Å². The summed E-state index contributed by atoms with van der Waals surface area (Å²) >= 11 is 0. The molecule has 0 aliphatic heterocycles. The first kappa shape index (κ1) is 20.0. The van der Waals surface area contributed by atoms with Crippen LogP contribution in [0.3, 0.4) is 0 Å². The minimum atomic E-state index is -0.157. The molecule has 0 fully saturated rings. The normalized spacial score (nSPS) is 10.0. The number of carbonyl (C=O) groups excluding carboxylic acids is 2. The first-order chi connectivity index (χ1) is 12.8. The van der Waals surface area contributed by atoms with Crippen molar-refractivity contribution in [2.75, 3.05) is 35.7 Å². The topological polar surface area (TPSA) is 70.7 Å². The predicted octanol–water partition coefficient (Wildman–Crippen LogP) is 3.67. The summed E-state index contributed by atoms with van der Waals surface area (Å²) in [5, 5.41) is 5.88. The smallest absolute Gasteiger partial charge is 0.243 e. The maximum atomic E-state index is 12.1. The summed E-state index contributed by atoms with van der Waals surface area (Å²) in [6.07, 6.45) is 0. The second-order valence-corrected chi connectivity index (χ2v) is 6.30. The quantitative estimate of drug-likeness (QED) is 0.699. The van der Waals surface area contributed by atoms with Crippen LogP contribution in [0.4, 0.5) is 17.1 Å². The first-order valence-electron chi connectivity index (χ1n) is 8.60. The Morgan fingerprint density at radius 2 is 1.59 bits per heavy atom. The lowest BCUT2D eigenvalue weighted by Gasteiger charge is -2.15. The zero-order valence-corrected chi connectivity index (χ0v) is 15.9. The summed E-state index contributed by atoms with van der Waals surface area (Å²) < 4.78 is 5.52. The molecule has 2 aromatic rings. The van der Waals surface area contributed by atoms with Crippen molar-refractivity contribution < 1.29 is 14.3 Å². The van der Waals surface area contributed by atoms with E-state index < -0.39 is 0 Å². The lowest BCUT2D eigenvalue weighted by Crippen LogP contribution is -2.23. The summed E-state index contributed by atoms with van der Waals surface area (Å²) in [7, 11) is 1.72. The lowest BCUT2D eigenvalue weighted by molar-refractivity contribution is -0.116. The van der Waals surface area contributed by atoms with Gasteiger partial charge in [-0.3, -0.25) is 9.59 Å². The fourth-order valence-electron chi connectivity index (χ4n) is 2.21. The Hall–Kier alpha value is -3.28. The molecule has 0 radical (unpaired) electrons. The third kappa shape index (κ3) is 6.51. The van der Waals surface area contributed by atoms with E-state index in [1.807, 2.05) is 31.2 Å². The second-order valence-electron chi connectivity index (χ2n) is 6.30. The van der Waals surface area contributed by atoms with Gasteiger partial charge >= 0.3 is 0 Å². The van der Waals surface area contributed by atoms with E-state index in [1.165, 1.54) is 6.92 Å². The van der Waals surface area contributed by atoms with Crippen molar-refractivity contribution in [1.82, 2.24) is 0 Å². The van der Waals surface area contributed by atoms with Crippen molar-refractivity contribution in [2.24, 2.45) is 0 Å². The van der Waals surface area contributed by atoms with E-state index in [9.17, 15) is 9.59 Å². The molecule has 0 aromatic heterocycles. The van der Waals surface area contributed by atoms with Crippen molar-refractivity contribution in [3.05, 3.63) is 60.7 Å². The number of hydrogen-bond acceptors (Lipinski definition) is 4. The Labute approximate surface area is 159 Å². The number of anilines is 3. The number of hydrogen-bond donors (Lipinski definition) is 2. The monoisotopic (exact) mass is 367 g/mol. The van der Waals surface area contributed by atoms with E-state index in [1.54, 1.807) is 36.2 Å². The van der Waals surface area contributed by atoms with Gasteiger partial charge in [-0.15, -0.1) is 0 Å². The molecular weight excluding hydrogens is 342 g/mol. The molecule has 0 unspecified atom stereocenters. The van der Waals surface area contributed by atoms with Crippen LogP contribution in [0.1, 0.15) is 13.8 Å². The minimum absolute atomic E-state index is 0.0360. The van der Waals surface area contributed by atoms with Crippen LogP contribution in [0.15, 0.2) is 60.7 Å². The zero-order valence-electron chi connectivity index (χ0n) is 15.9. The van der Waals surface area contributed by atoms with Crippen LogP contribution in [-0.4, -0.2) is 32.0 Å². The number of amides is 2. The standard InChI is InChI=1S/C21H25N3O3/c1-15(2)14-27-20-11-7-18(8-12-20)23-21(26)13-22-17-5-9-19(10-6-17)24(4)16(3)25/h5-12,22H,1,13-14H2,2-4H3,(H,23,26). The molecule has 0 spiro atoms. The summed E-state index contributed by atoms with van der Waals surface area (Å²) in [4.78, 5) is 25.0. The summed E-state index contributed by atoms with van der Waals surface area (Å²) in [5.74, 6) is 0.534. The molecule has 2 N–H and O–H groups in total. The van der Waals surface area contributed by atoms with E-state index in [-0.39, 0.29) is 18.4 Å². The molecule has 2 rings (SSSR count). The van der Waals surface area contributed by atoms with Gasteiger partial charge in [-0.25, -0.2) is 0 Å². The fraction of sp³-hybridized carbons (Fsp3) is 0.238. The van der Waals surface area contributed by atoms with Crippen molar-refractivity contribution in [3.8, 4) is 5.75 Å². The van der Waals surface area contributed by atoms with E-state index in [0.717, 1.165) is 22.7 Å². The lowest BCUT2D eigenvalue weighted by atomic mass is 10.2. The van der Waals surface area contributed by atoms with Crippen LogP contribution in [0.5, 0.6) is 5.75 Å². The molecule has 6 nitrogen and oxygen atoms in total. The maximum absolute atomic E-state index is 12.1. The number of rotatable bonds is 8. The molecular formula is C21H25N3O3. The summed E-state index contributed by atoms with van der Waals surface area (Å²) in [5.41, 5.74) is 3.24. The highest BCUT2D eigenvalue weighted by molar-refractivity contribution is 5.94. The van der Waals surface area contributed by atoms with Crippen LogP contribution in [0, 0.1) is 0 Å². The number of nitrogens with zero attached hydrogens (tertiary/aromatic N) is 1. The molecule has 142 valence electrons. The molecule has 2 amide bonds. The Balaban J connectivity index is 1.82. The summed E-state index contributed by atoms with van der Waals surface area (Å²) in [6.45, 7) is 7.80. The SMILES string of the molecule is C=C(C)COc1ccc(NC(=O)CNc2ccc(N(C)C(C)=O)cc2)cc1. The average Bonchev–Trinajstić information content (AvgIpc) is 2.65. The third-order valence-corrected chi connectivity index (χ3v) is 3.80. The molecule has 0 bridgehead atoms. The maximum Gasteiger partial charge on any atom is 0.243 e. The van der Waals surface area contributed by atoms with Gasteiger partial charge in [0.2, 0.25) is 11.8 Å². The van der Waals surface area contributed by atoms with E-state index in [0.29, 0.717) is 12.3 Å². The van der Waals surface area contributed by atoms with Crippen LogP contribution >= 0.6 is 0 Å². The molecule has 27 heavy (non-hydrogen) atoms. The van der Waals surface area contributed by atoms with Gasteiger partial charge < -0.3 is 20.3 Å². The van der Waals surface area contributed by atoms with Gasteiger partial charge in [-0.2, -0.15) is 0 Å². The number of carbonyl (C=O) groups is 2. The Morgan fingerprint density at radius 1 is 1.00 bits per heavy atom. The zero-order chi connectivity index (χ0) is 19.8. The average molecular weight is 367 g/mol. The van der Waals surface area contributed by atoms with Crippen molar-refractivity contribution in [1.29, 1.82) is 0 Å². The Kier molecular flexibility index (Phi) is 7.00. The van der Waals surface area contributed by atoms with Gasteiger partial charge in [0.15, 0.2) is 0 Å². The van der Waals surface area contributed by atoms with Crippen LogP contribution in [-0.2, 0) is 9.59 Å². The van der Waals surface area contributed by atoms with Gasteiger partial charge in [0.25, 0.3) is 0 Å². The van der Waals surface area contributed by atoms with Crippen LogP contribution in [0.2, 0.25) is 0 Å². The van der Waals surface area contributed by atoms with E-state index in [2.05, 4.69) is 17.2 Å². The molecule has 2 aromatic carbocycles. The Morgan fingerprint density at radius 3 is 2.15 bits per heavy atom. The number of benzene rings is 2. The highest BCUT2D eigenvalue weighted by Crippen LogP contribution is 2.18.